The minimum absolute atomic E-state index is 0.00702. The van der Waals surface area contributed by atoms with Crippen molar-refractivity contribution in [2.75, 3.05) is 6.54 Å². The van der Waals surface area contributed by atoms with Gasteiger partial charge in [-0.05, 0) is 61.6 Å². The standard InChI is InChI=1S/C27H34N4O8/c1-15(32)23(27(38)39)30-24(35)21(14-17-6-10-19(34)11-7-17)29-25(36)22-3-2-12-31(22)26(37)20(28)13-16-4-8-18(33)9-5-16/h4-11,15,20-23,32-34H,2-3,12-14,28H2,1H3,(H,29,36)(H,30,35)(H,38,39). The number of amides is 3. The molecule has 5 unspecified atom stereocenters. The highest BCUT2D eigenvalue weighted by Gasteiger charge is 2.38. The maximum Gasteiger partial charge on any atom is 0.328 e. The van der Waals surface area contributed by atoms with E-state index in [4.69, 9.17) is 5.73 Å². The molecule has 2 aromatic carbocycles. The zero-order valence-electron chi connectivity index (χ0n) is 21.5. The third-order valence-electron chi connectivity index (χ3n) is 6.60. The van der Waals surface area contributed by atoms with E-state index in [1.807, 2.05) is 0 Å². The van der Waals surface area contributed by atoms with Crippen LogP contribution >= 0.6 is 0 Å². The topological polar surface area (TPSA) is 203 Å². The number of benzene rings is 2. The molecule has 0 bridgehead atoms. The van der Waals surface area contributed by atoms with Crippen molar-refractivity contribution in [3.63, 3.8) is 0 Å². The number of aliphatic carboxylic acids is 1. The number of nitrogens with zero attached hydrogens (tertiary/aromatic N) is 1. The molecule has 1 aliphatic rings. The first kappa shape index (κ1) is 29.4. The van der Waals surface area contributed by atoms with Crippen LogP contribution in [0.5, 0.6) is 11.5 Å². The Bertz CT molecular complexity index is 1170. The molecular weight excluding hydrogens is 508 g/mol. The lowest BCUT2D eigenvalue weighted by Gasteiger charge is -2.29. The normalized spacial score (nSPS) is 18.0. The monoisotopic (exact) mass is 542 g/mol. The van der Waals surface area contributed by atoms with Crippen LogP contribution in [0, 0.1) is 0 Å². The molecule has 1 saturated heterocycles. The molecule has 2 aromatic rings. The summed E-state index contributed by atoms with van der Waals surface area (Å²) in [6, 6.07) is 7.58. The van der Waals surface area contributed by atoms with E-state index in [-0.39, 0.29) is 24.3 Å². The summed E-state index contributed by atoms with van der Waals surface area (Å²) < 4.78 is 0. The number of likely N-dealkylation sites (tertiary alicyclic amines) is 1. The van der Waals surface area contributed by atoms with E-state index in [1.54, 1.807) is 24.3 Å². The third kappa shape index (κ3) is 7.91. The number of carboxylic acids is 1. The van der Waals surface area contributed by atoms with Gasteiger partial charge >= 0.3 is 5.97 Å². The molecule has 1 fully saturated rings. The lowest BCUT2D eigenvalue weighted by Crippen LogP contribution is -2.58. The van der Waals surface area contributed by atoms with Gasteiger partial charge in [0, 0.05) is 13.0 Å². The van der Waals surface area contributed by atoms with Crippen LogP contribution in [0.4, 0.5) is 0 Å². The molecule has 210 valence electrons. The van der Waals surface area contributed by atoms with Gasteiger partial charge in [0.2, 0.25) is 17.7 Å². The lowest BCUT2D eigenvalue weighted by molar-refractivity contribution is -0.145. The van der Waals surface area contributed by atoms with E-state index in [9.17, 15) is 39.6 Å². The van der Waals surface area contributed by atoms with Crippen LogP contribution in [0.25, 0.3) is 0 Å². The lowest BCUT2D eigenvalue weighted by atomic mass is 10.0. The largest absolute Gasteiger partial charge is 0.508 e. The fraction of sp³-hybridized carbons (Fsp3) is 0.407. The first-order valence-electron chi connectivity index (χ1n) is 12.6. The summed E-state index contributed by atoms with van der Waals surface area (Å²) in [5.74, 6) is -3.20. The van der Waals surface area contributed by atoms with Crippen LogP contribution in [-0.2, 0) is 32.0 Å². The molecule has 3 rings (SSSR count). The van der Waals surface area contributed by atoms with E-state index >= 15 is 0 Å². The van der Waals surface area contributed by atoms with Crippen molar-refractivity contribution in [3.05, 3.63) is 59.7 Å². The Hall–Kier alpha value is -4.16. The number of hydrogen-bond acceptors (Lipinski definition) is 8. The summed E-state index contributed by atoms with van der Waals surface area (Å²) in [6.07, 6.45) is -0.332. The Morgan fingerprint density at radius 2 is 1.49 bits per heavy atom. The van der Waals surface area contributed by atoms with Gasteiger partial charge in [0.25, 0.3) is 0 Å². The summed E-state index contributed by atoms with van der Waals surface area (Å²) >= 11 is 0. The summed E-state index contributed by atoms with van der Waals surface area (Å²) in [4.78, 5) is 52.4. The Morgan fingerprint density at radius 1 is 0.949 bits per heavy atom. The molecule has 12 nitrogen and oxygen atoms in total. The van der Waals surface area contributed by atoms with Crippen molar-refractivity contribution in [2.45, 2.75) is 62.9 Å². The summed E-state index contributed by atoms with van der Waals surface area (Å²) in [6.45, 7) is 1.52. The minimum Gasteiger partial charge on any atom is -0.508 e. The molecular formula is C27H34N4O8. The van der Waals surface area contributed by atoms with E-state index in [0.717, 1.165) is 5.56 Å². The highest BCUT2D eigenvalue weighted by atomic mass is 16.4. The molecule has 0 radical (unpaired) electrons. The molecule has 0 spiro atoms. The second-order valence-corrected chi connectivity index (χ2v) is 9.66. The predicted molar refractivity (Wildman–Crippen MR) is 140 cm³/mol. The summed E-state index contributed by atoms with van der Waals surface area (Å²) in [7, 11) is 0. The van der Waals surface area contributed by atoms with Crippen molar-refractivity contribution in [3.8, 4) is 11.5 Å². The molecule has 1 heterocycles. The fourth-order valence-corrected chi connectivity index (χ4v) is 4.48. The second-order valence-electron chi connectivity index (χ2n) is 9.66. The van der Waals surface area contributed by atoms with Gasteiger partial charge < -0.3 is 41.7 Å². The highest BCUT2D eigenvalue weighted by Crippen LogP contribution is 2.20. The zero-order chi connectivity index (χ0) is 28.7. The number of phenolic OH excluding ortho intramolecular Hbond substituents is 2. The van der Waals surface area contributed by atoms with Crippen LogP contribution in [0.15, 0.2) is 48.5 Å². The van der Waals surface area contributed by atoms with E-state index in [1.165, 1.54) is 36.1 Å². The van der Waals surface area contributed by atoms with Crippen molar-refractivity contribution in [2.24, 2.45) is 5.73 Å². The van der Waals surface area contributed by atoms with Gasteiger partial charge in [0.15, 0.2) is 6.04 Å². The fourth-order valence-electron chi connectivity index (χ4n) is 4.48. The second kappa shape index (κ2) is 13.1. The van der Waals surface area contributed by atoms with E-state index in [2.05, 4.69) is 10.6 Å². The number of carbonyl (C=O) groups is 4. The molecule has 0 aliphatic carbocycles. The number of aromatic hydroxyl groups is 2. The summed E-state index contributed by atoms with van der Waals surface area (Å²) in [5, 5.41) is 43.0. The molecule has 39 heavy (non-hydrogen) atoms. The quantitative estimate of drug-likeness (QED) is 0.198. The Labute approximate surface area is 225 Å². The number of aliphatic hydroxyl groups is 1. The van der Waals surface area contributed by atoms with Crippen molar-refractivity contribution < 1.29 is 39.6 Å². The van der Waals surface area contributed by atoms with Crippen molar-refractivity contribution in [1.82, 2.24) is 15.5 Å². The van der Waals surface area contributed by atoms with Crippen molar-refractivity contribution in [1.29, 1.82) is 0 Å². The number of carboxylic acid groups (broad SMARTS) is 1. The van der Waals surface area contributed by atoms with Crippen molar-refractivity contribution >= 4 is 23.7 Å². The minimum atomic E-state index is -1.60. The number of aliphatic hydroxyl groups excluding tert-OH is 1. The van der Waals surface area contributed by atoms with Gasteiger partial charge in [-0.15, -0.1) is 0 Å². The zero-order valence-corrected chi connectivity index (χ0v) is 21.5. The number of hydrogen-bond donors (Lipinski definition) is 7. The Morgan fingerprint density at radius 3 is 2.00 bits per heavy atom. The number of rotatable bonds is 11. The molecule has 0 saturated carbocycles. The number of carbonyl (C=O) groups excluding carboxylic acids is 3. The molecule has 1 aliphatic heterocycles. The molecule has 5 atom stereocenters. The van der Waals surface area contributed by atoms with Gasteiger partial charge in [0.1, 0.15) is 23.6 Å². The van der Waals surface area contributed by atoms with Crippen LogP contribution in [0.3, 0.4) is 0 Å². The van der Waals surface area contributed by atoms with Gasteiger partial charge in [-0.1, -0.05) is 24.3 Å². The van der Waals surface area contributed by atoms with Gasteiger partial charge in [-0.3, -0.25) is 14.4 Å². The van der Waals surface area contributed by atoms with E-state index < -0.39 is 54.0 Å². The van der Waals surface area contributed by atoms with Crippen LogP contribution in [0.1, 0.15) is 30.9 Å². The average molecular weight is 543 g/mol. The number of phenols is 2. The highest BCUT2D eigenvalue weighted by molar-refractivity contribution is 5.94. The Balaban J connectivity index is 1.74. The third-order valence-corrected chi connectivity index (χ3v) is 6.60. The Kier molecular flexibility index (Phi) is 9.85. The first-order chi connectivity index (χ1) is 18.5. The van der Waals surface area contributed by atoms with Gasteiger partial charge in [0.05, 0.1) is 12.1 Å². The van der Waals surface area contributed by atoms with Gasteiger partial charge in [-0.25, -0.2) is 4.79 Å². The molecule has 3 amide bonds. The van der Waals surface area contributed by atoms with Gasteiger partial charge in [-0.2, -0.15) is 0 Å². The van der Waals surface area contributed by atoms with Crippen LogP contribution in [0.2, 0.25) is 0 Å². The van der Waals surface area contributed by atoms with E-state index in [0.29, 0.717) is 24.9 Å². The maximum absolute atomic E-state index is 13.3. The number of nitrogens with two attached hydrogens (primary N) is 1. The number of nitrogens with one attached hydrogen (secondary N) is 2. The molecule has 8 N–H and O–H groups in total. The van der Waals surface area contributed by atoms with Crippen LogP contribution in [-0.4, -0.2) is 85.8 Å². The first-order valence-corrected chi connectivity index (χ1v) is 12.6. The SMILES string of the molecule is CC(O)C(NC(=O)C(Cc1ccc(O)cc1)NC(=O)C1CCCN1C(=O)C(N)Cc1ccc(O)cc1)C(=O)O. The van der Waals surface area contributed by atoms with Crippen LogP contribution < -0.4 is 16.4 Å². The maximum atomic E-state index is 13.3. The molecule has 12 heteroatoms. The summed E-state index contributed by atoms with van der Waals surface area (Å²) in [5.41, 5.74) is 7.47. The molecule has 0 aromatic heterocycles. The predicted octanol–water partition coefficient (Wildman–Crippen LogP) is -0.364. The smallest absolute Gasteiger partial charge is 0.328 e. The average Bonchev–Trinajstić information content (AvgIpc) is 3.38.